The fourth-order valence-corrected chi connectivity index (χ4v) is 6.53. The number of likely N-dealkylation sites (tertiary alicyclic amines) is 1. The first kappa shape index (κ1) is 30.0. The maximum absolute atomic E-state index is 13.4. The Labute approximate surface area is 249 Å². The van der Waals surface area contributed by atoms with E-state index >= 15 is 0 Å². The highest BCUT2D eigenvalue weighted by molar-refractivity contribution is 5.78. The number of nitrogens with two attached hydrogens (primary N) is 1. The van der Waals surface area contributed by atoms with Crippen LogP contribution in [-0.2, 0) is 32.0 Å². The zero-order chi connectivity index (χ0) is 29.5. The van der Waals surface area contributed by atoms with Crippen LogP contribution in [0.2, 0.25) is 0 Å². The average molecular weight is 576 g/mol. The monoisotopic (exact) mass is 575 g/mol. The fourth-order valence-electron chi connectivity index (χ4n) is 6.53. The van der Waals surface area contributed by atoms with Crippen LogP contribution in [0.15, 0.2) is 48.5 Å². The summed E-state index contributed by atoms with van der Waals surface area (Å²) in [6, 6.07) is 16.5. The van der Waals surface area contributed by atoms with Gasteiger partial charge in [-0.2, -0.15) is 0 Å². The Morgan fingerprint density at radius 1 is 1.02 bits per heavy atom. The summed E-state index contributed by atoms with van der Waals surface area (Å²) in [5.41, 5.74) is 10.9. The number of anilines is 1. The number of piperidine rings is 2. The molecule has 226 valence electrons. The molecule has 2 aromatic carbocycles. The number of methoxy groups -OCH3 is 2. The lowest BCUT2D eigenvalue weighted by Gasteiger charge is -2.33. The number of hydrogen-bond acceptors (Lipinski definition) is 7. The number of para-hydroxylation sites is 2. The van der Waals surface area contributed by atoms with E-state index < -0.39 is 0 Å². The Morgan fingerprint density at radius 3 is 2.52 bits per heavy atom. The van der Waals surface area contributed by atoms with Crippen LogP contribution in [-0.4, -0.2) is 79.4 Å². The number of nitrogens with zero attached hydrogens (tertiary/aromatic N) is 4. The second-order valence-corrected chi connectivity index (χ2v) is 11.8. The molecule has 0 spiro atoms. The minimum absolute atomic E-state index is 0.00136. The highest BCUT2D eigenvalue weighted by Gasteiger charge is 2.29. The van der Waals surface area contributed by atoms with Crippen LogP contribution in [0.4, 0.5) is 5.69 Å². The van der Waals surface area contributed by atoms with Gasteiger partial charge in [0, 0.05) is 70.5 Å². The summed E-state index contributed by atoms with van der Waals surface area (Å²) in [7, 11) is 3.19. The Hall–Kier alpha value is -3.43. The number of carbonyl (C=O) groups excluding carboxylic acids is 2. The molecule has 2 N–H and O–H groups in total. The molecule has 1 aromatic heterocycles. The third kappa shape index (κ3) is 7.13. The van der Waals surface area contributed by atoms with Gasteiger partial charge in [-0.3, -0.25) is 9.59 Å². The van der Waals surface area contributed by atoms with Crippen molar-refractivity contribution in [2.24, 2.45) is 11.7 Å². The first-order valence-electron chi connectivity index (χ1n) is 15.4. The Balaban J connectivity index is 1.15. The van der Waals surface area contributed by atoms with Crippen molar-refractivity contribution in [1.82, 2.24) is 14.5 Å². The van der Waals surface area contributed by atoms with Crippen molar-refractivity contribution in [3.05, 3.63) is 59.9 Å². The van der Waals surface area contributed by atoms with Crippen molar-refractivity contribution in [2.75, 3.05) is 51.9 Å². The summed E-state index contributed by atoms with van der Waals surface area (Å²) in [6.45, 7) is 4.69. The molecular weight excluding hydrogens is 530 g/mol. The SMILES string of the molecule is COCCCn1c(C2CCCN(C(=O)CC(N)Cc3ccc(N4CCC(C(=O)OC)CC4)cc3)C2)nc2ccccc21. The molecule has 9 heteroatoms. The molecule has 2 aliphatic heterocycles. The highest BCUT2D eigenvalue weighted by atomic mass is 16.5. The highest BCUT2D eigenvalue weighted by Crippen LogP contribution is 2.30. The number of ether oxygens (including phenoxy) is 2. The van der Waals surface area contributed by atoms with Crippen LogP contribution in [0.1, 0.15) is 55.8 Å². The fraction of sp³-hybridized carbons (Fsp3) is 0.545. The maximum Gasteiger partial charge on any atom is 0.308 e. The minimum Gasteiger partial charge on any atom is -0.469 e. The standard InChI is InChI=1S/C33H45N5O4/c1-41-20-6-17-38-30-9-4-3-8-29(30)35-32(38)26-7-5-16-37(23-26)31(39)22-27(34)21-24-10-12-28(13-11-24)36-18-14-25(15-19-36)33(40)42-2/h3-4,8-13,25-27H,5-7,14-23,34H2,1-2H3. The average Bonchev–Trinajstić information content (AvgIpc) is 3.40. The van der Waals surface area contributed by atoms with Gasteiger partial charge < -0.3 is 29.6 Å². The van der Waals surface area contributed by atoms with E-state index in [1.807, 2.05) is 11.0 Å². The second kappa shape index (κ2) is 14.2. The van der Waals surface area contributed by atoms with Crippen molar-refractivity contribution < 1.29 is 19.1 Å². The first-order chi connectivity index (χ1) is 20.5. The van der Waals surface area contributed by atoms with E-state index in [0.717, 1.165) is 86.4 Å². The van der Waals surface area contributed by atoms with E-state index in [0.29, 0.717) is 26.0 Å². The lowest BCUT2D eigenvalue weighted by molar-refractivity contribution is -0.146. The van der Waals surface area contributed by atoms with E-state index in [4.69, 9.17) is 20.2 Å². The molecule has 42 heavy (non-hydrogen) atoms. The normalized spacial score (nSPS) is 18.8. The summed E-state index contributed by atoms with van der Waals surface area (Å²) in [5, 5.41) is 0. The zero-order valence-corrected chi connectivity index (χ0v) is 25.0. The lowest BCUT2D eigenvalue weighted by Crippen LogP contribution is -2.42. The number of aromatic nitrogens is 2. The Bertz CT molecular complexity index is 1330. The van der Waals surface area contributed by atoms with Crippen molar-refractivity contribution >= 4 is 28.6 Å². The predicted molar refractivity (Wildman–Crippen MR) is 164 cm³/mol. The molecule has 5 rings (SSSR count). The molecule has 2 aliphatic rings. The molecule has 0 aliphatic carbocycles. The molecule has 3 heterocycles. The molecule has 0 saturated carbocycles. The number of imidazole rings is 1. The number of carbonyl (C=O) groups is 2. The third-order valence-corrected chi connectivity index (χ3v) is 8.82. The quantitative estimate of drug-likeness (QED) is 0.271. The van der Waals surface area contributed by atoms with Crippen LogP contribution in [0.25, 0.3) is 11.0 Å². The zero-order valence-electron chi connectivity index (χ0n) is 25.0. The van der Waals surface area contributed by atoms with Crippen LogP contribution in [0, 0.1) is 5.92 Å². The van der Waals surface area contributed by atoms with Gasteiger partial charge in [0.15, 0.2) is 0 Å². The molecule has 1 amide bonds. The minimum atomic E-state index is -0.238. The van der Waals surface area contributed by atoms with Crippen LogP contribution in [0.3, 0.4) is 0 Å². The van der Waals surface area contributed by atoms with Gasteiger partial charge in [-0.1, -0.05) is 24.3 Å². The topological polar surface area (TPSA) is 103 Å². The molecule has 3 aromatic rings. The summed E-state index contributed by atoms with van der Waals surface area (Å²) >= 11 is 0. The van der Waals surface area contributed by atoms with Gasteiger partial charge in [-0.15, -0.1) is 0 Å². The summed E-state index contributed by atoms with van der Waals surface area (Å²) in [4.78, 5) is 34.5. The van der Waals surface area contributed by atoms with Gasteiger partial charge in [0.1, 0.15) is 5.82 Å². The molecular formula is C33H45N5O4. The number of hydrogen-bond donors (Lipinski definition) is 1. The van der Waals surface area contributed by atoms with E-state index in [1.54, 1.807) is 7.11 Å². The molecule has 2 fully saturated rings. The number of fused-ring (bicyclic) bond motifs is 1. The van der Waals surface area contributed by atoms with Gasteiger partial charge in [-0.05, 0) is 68.4 Å². The van der Waals surface area contributed by atoms with E-state index in [2.05, 4.69) is 51.9 Å². The molecule has 0 radical (unpaired) electrons. The second-order valence-electron chi connectivity index (χ2n) is 11.8. The lowest BCUT2D eigenvalue weighted by atomic mass is 9.95. The summed E-state index contributed by atoms with van der Waals surface area (Å²) in [6.07, 6.45) is 5.52. The van der Waals surface area contributed by atoms with Gasteiger partial charge in [0.25, 0.3) is 0 Å². The molecule has 2 unspecified atom stereocenters. The van der Waals surface area contributed by atoms with E-state index in [9.17, 15) is 9.59 Å². The largest absolute Gasteiger partial charge is 0.469 e. The van der Waals surface area contributed by atoms with Crippen molar-refractivity contribution in [3.8, 4) is 0 Å². The van der Waals surface area contributed by atoms with Gasteiger partial charge >= 0.3 is 5.97 Å². The van der Waals surface area contributed by atoms with E-state index in [-0.39, 0.29) is 29.8 Å². The third-order valence-electron chi connectivity index (χ3n) is 8.82. The number of benzene rings is 2. The van der Waals surface area contributed by atoms with Crippen molar-refractivity contribution in [3.63, 3.8) is 0 Å². The van der Waals surface area contributed by atoms with Crippen LogP contribution in [0.5, 0.6) is 0 Å². The number of esters is 1. The Morgan fingerprint density at radius 2 is 1.79 bits per heavy atom. The summed E-state index contributed by atoms with van der Waals surface area (Å²) < 4.78 is 12.5. The number of aryl methyl sites for hydroxylation is 1. The number of rotatable bonds is 11. The molecule has 9 nitrogen and oxygen atoms in total. The number of amides is 1. The molecule has 2 saturated heterocycles. The summed E-state index contributed by atoms with van der Waals surface area (Å²) in [5.74, 6) is 1.30. The Kier molecular flexibility index (Phi) is 10.1. The van der Waals surface area contributed by atoms with E-state index in [1.165, 1.54) is 7.11 Å². The first-order valence-corrected chi connectivity index (χ1v) is 15.4. The maximum atomic E-state index is 13.4. The van der Waals surface area contributed by atoms with Gasteiger partial charge in [-0.25, -0.2) is 4.98 Å². The van der Waals surface area contributed by atoms with Gasteiger partial charge in [0.2, 0.25) is 5.91 Å². The predicted octanol–water partition coefficient (Wildman–Crippen LogP) is 4.13. The smallest absolute Gasteiger partial charge is 0.308 e. The molecule has 2 atom stereocenters. The van der Waals surface area contributed by atoms with Crippen molar-refractivity contribution in [1.29, 1.82) is 0 Å². The van der Waals surface area contributed by atoms with Crippen molar-refractivity contribution in [2.45, 2.75) is 63.5 Å². The van der Waals surface area contributed by atoms with Crippen LogP contribution < -0.4 is 10.6 Å². The van der Waals surface area contributed by atoms with Gasteiger partial charge in [0.05, 0.1) is 24.1 Å². The molecule has 0 bridgehead atoms. The van der Waals surface area contributed by atoms with Crippen LogP contribution >= 0.6 is 0 Å².